The number of benzene rings is 1. The van der Waals surface area contributed by atoms with Crippen LogP contribution in [0.4, 0.5) is 5.69 Å². The smallest absolute Gasteiger partial charge is 0.226 e. The fourth-order valence-corrected chi connectivity index (χ4v) is 2.98. The van der Waals surface area contributed by atoms with Crippen LogP contribution in [0.15, 0.2) is 47.2 Å². The molecule has 1 amide bonds. The Balaban J connectivity index is 1.59. The van der Waals surface area contributed by atoms with Crippen LogP contribution < -0.4 is 5.32 Å². The van der Waals surface area contributed by atoms with Gasteiger partial charge in [-0.3, -0.25) is 14.2 Å². The highest BCUT2D eigenvalue weighted by molar-refractivity contribution is 9.10. The molecular weight excluding hydrogens is 382 g/mol. The van der Waals surface area contributed by atoms with Crippen molar-refractivity contribution in [3.8, 4) is 0 Å². The Morgan fingerprint density at radius 2 is 2.12 bits per heavy atom. The fourth-order valence-electron chi connectivity index (χ4n) is 2.66. The van der Waals surface area contributed by atoms with E-state index in [1.165, 1.54) is 0 Å². The summed E-state index contributed by atoms with van der Waals surface area (Å²) in [6.07, 6.45) is 3.93. The number of hydrogen-bond acceptors (Lipinski definition) is 3. The molecule has 2 aromatic heterocycles. The number of hydrogen-bond donors (Lipinski definition) is 1. The minimum atomic E-state index is -0.0325. The van der Waals surface area contributed by atoms with Gasteiger partial charge in [-0.05, 0) is 53.5 Å². The lowest BCUT2D eigenvalue weighted by atomic mass is 10.2. The van der Waals surface area contributed by atoms with Gasteiger partial charge in [-0.1, -0.05) is 12.1 Å². The van der Waals surface area contributed by atoms with Crippen molar-refractivity contribution in [1.82, 2.24) is 19.6 Å². The fraction of sp³-hybridized carbons (Fsp3) is 0.278. The summed E-state index contributed by atoms with van der Waals surface area (Å²) in [4.78, 5) is 12.1. The molecule has 0 fully saturated rings. The summed E-state index contributed by atoms with van der Waals surface area (Å²) in [6.45, 7) is 5.26. The Kier molecular flexibility index (Phi) is 5.33. The molecule has 1 N–H and O–H groups in total. The lowest BCUT2D eigenvalue weighted by molar-refractivity contribution is -0.116. The number of anilines is 1. The Hall–Kier alpha value is -2.41. The van der Waals surface area contributed by atoms with Crippen molar-refractivity contribution < 1.29 is 4.79 Å². The molecule has 0 aliphatic rings. The Labute approximate surface area is 155 Å². The van der Waals surface area contributed by atoms with E-state index < -0.39 is 0 Å². The van der Waals surface area contributed by atoms with Crippen LogP contribution in [0, 0.1) is 13.8 Å². The maximum absolute atomic E-state index is 12.1. The number of nitrogens with zero attached hydrogens (tertiary/aromatic N) is 4. The minimum absolute atomic E-state index is 0.0325. The SMILES string of the molecule is Cc1cc(C)n(Cc2cccc(NC(=O)CCn3cc(Br)cn3)c2)n1. The van der Waals surface area contributed by atoms with Crippen LogP contribution in [0.3, 0.4) is 0 Å². The lowest BCUT2D eigenvalue weighted by Crippen LogP contribution is -2.15. The lowest BCUT2D eigenvalue weighted by Gasteiger charge is -2.09. The predicted molar refractivity (Wildman–Crippen MR) is 100 cm³/mol. The van der Waals surface area contributed by atoms with Crippen molar-refractivity contribution in [2.45, 2.75) is 33.4 Å². The molecule has 0 unspecified atom stereocenters. The van der Waals surface area contributed by atoms with Crippen LogP contribution in [0.2, 0.25) is 0 Å². The number of carbonyl (C=O) groups is 1. The maximum Gasteiger partial charge on any atom is 0.226 e. The van der Waals surface area contributed by atoms with Crippen LogP contribution in [0.1, 0.15) is 23.4 Å². The first kappa shape index (κ1) is 17.4. The van der Waals surface area contributed by atoms with E-state index in [0.29, 0.717) is 19.5 Å². The first-order valence-electron chi connectivity index (χ1n) is 8.07. The van der Waals surface area contributed by atoms with Gasteiger partial charge in [-0.15, -0.1) is 0 Å². The second-order valence-electron chi connectivity index (χ2n) is 6.00. The Bertz CT molecular complexity index is 883. The van der Waals surface area contributed by atoms with E-state index in [9.17, 15) is 4.79 Å². The van der Waals surface area contributed by atoms with Gasteiger partial charge in [0.1, 0.15) is 0 Å². The monoisotopic (exact) mass is 401 g/mol. The minimum Gasteiger partial charge on any atom is -0.326 e. The largest absolute Gasteiger partial charge is 0.326 e. The first-order chi connectivity index (χ1) is 12.0. The first-order valence-corrected chi connectivity index (χ1v) is 8.87. The Morgan fingerprint density at radius 1 is 1.28 bits per heavy atom. The van der Waals surface area contributed by atoms with Crippen molar-refractivity contribution in [3.63, 3.8) is 0 Å². The summed E-state index contributed by atoms with van der Waals surface area (Å²) in [5.41, 5.74) is 4.02. The van der Waals surface area contributed by atoms with E-state index in [1.54, 1.807) is 10.9 Å². The van der Waals surface area contributed by atoms with Crippen LogP contribution in [-0.2, 0) is 17.9 Å². The topological polar surface area (TPSA) is 64.7 Å². The third kappa shape index (κ3) is 4.79. The summed E-state index contributed by atoms with van der Waals surface area (Å²) in [7, 11) is 0. The summed E-state index contributed by atoms with van der Waals surface area (Å²) in [5, 5.41) is 11.6. The third-order valence-corrected chi connectivity index (χ3v) is 4.23. The second-order valence-corrected chi connectivity index (χ2v) is 6.92. The van der Waals surface area contributed by atoms with Crippen molar-refractivity contribution in [2.75, 3.05) is 5.32 Å². The molecule has 2 heterocycles. The highest BCUT2D eigenvalue weighted by Gasteiger charge is 2.06. The molecule has 0 aliphatic carbocycles. The zero-order chi connectivity index (χ0) is 17.8. The number of aryl methyl sites for hydroxylation is 3. The summed E-state index contributed by atoms with van der Waals surface area (Å²) in [6, 6.07) is 9.92. The molecule has 3 aromatic rings. The standard InChI is InChI=1S/C18H20BrN5O/c1-13-8-14(2)24(22-13)11-15-4-3-5-17(9-15)21-18(25)6-7-23-12-16(19)10-20-23/h3-5,8-10,12H,6-7,11H2,1-2H3,(H,21,25). The highest BCUT2D eigenvalue weighted by Crippen LogP contribution is 2.14. The Morgan fingerprint density at radius 3 is 2.80 bits per heavy atom. The molecule has 6 nitrogen and oxygen atoms in total. The molecule has 0 bridgehead atoms. The molecule has 0 atom stereocenters. The van der Waals surface area contributed by atoms with Gasteiger partial charge >= 0.3 is 0 Å². The van der Waals surface area contributed by atoms with Gasteiger partial charge in [0.2, 0.25) is 5.91 Å². The molecule has 25 heavy (non-hydrogen) atoms. The molecule has 130 valence electrons. The van der Waals surface area contributed by atoms with Crippen LogP contribution in [-0.4, -0.2) is 25.5 Å². The van der Waals surface area contributed by atoms with Crippen molar-refractivity contribution >= 4 is 27.5 Å². The molecule has 1 aromatic carbocycles. The quantitative estimate of drug-likeness (QED) is 0.686. The molecular formula is C18H20BrN5O. The van der Waals surface area contributed by atoms with Gasteiger partial charge < -0.3 is 5.32 Å². The number of rotatable bonds is 6. The van der Waals surface area contributed by atoms with Crippen molar-refractivity contribution in [3.05, 3.63) is 64.1 Å². The van der Waals surface area contributed by atoms with E-state index in [2.05, 4.69) is 37.5 Å². The summed E-state index contributed by atoms with van der Waals surface area (Å²) >= 11 is 3.34. The van der Waals surface area contributed by atoms with E-state index >= 15 is 0 Å². The maximum atomic E-state index is 12.1. The molecule has 0 aliphatic heterocycles. The van der Waals surface area contributed by atoms with E-state index in [-0.39, 0.29) is 5.91 Å². The van der Waals surface area contributed by atoms with Gasteiger partial charge in [0.15, 0.2) is 0 Å². The normalized spacial score (nSPS) is 10.8. The highest BCUT2D eigenvalue weighted by atomic mass is 79.9. The van der Waals surface area contributed by atoms with Crippen molar-refractivity contribution in [1.29, 1.82) is 0 Å². The number of aromatic nitrogens is 4. The third-order valence-electron chi connectivity index (χ3n) is 3.82. The van der Waals surface area contributed by atoms with E-state index in [4.69, 9.17) is 0 Å². The van der Waals surface area contributed by atoms with Crippen LogP contribution >= 0.6 is 15.9 Å². The predicted octanol–water partition coefficient (Wildman–Crippen LogP) is 3.54. The molecule has 0 spiro atoms. The van der Waals surface area contributed by atoms with E-state index in [1.807, 2.05) is 49.0 Å². The number of halogens is 1. The molecule has 0 saturated carbocycles. The zero-order valence-electron chi connectivity index (χ0n) is 14.2. The van der Waals surface area contributed by atoms with Gasteiger partial charge in [0, 0.05) is 30.5 Å². The average Bonchev–Trinajstić information content (AvgIpc) is 3.11. The number of carbonyl (C=O) groups excluding carboxylic acids is 1. The molecule has 0 saturated heterocycles. The molecule has 3 rings (SSSR count). The number of amides is 1. The van der Waals surface area contributed by atoms with Crippen LogP contribution in [0.5, 0.6) is 0 Å². The summed E-state index contributed by atoms with van der Waals surface area (Å²) < 4.78 is 4.61. The number of nitrogens with one attached hydrogen (secondary N) is 1. The van der Waals surface area contributed by atoms with Gasteiger partial charge in [0.25, 0.3) is 0 Å². The molecule has 0 radical (unpaired) electrons. The van der Waals surface area contributed by atoms with Gasteiger partial charge in [-0.2, -0.15) is 10.2 Å². The average molecular weight is 402 g/mol. The van der Waals surface area contributed by atoms with E-state index in [0.717, 1.165) is 27.1 Å². The van der Waals surface area contributed by atoms with Crippen LogP contribution in [0.25, 0.3) is 0 Å². The van der Waals surface area contributed by atoms with Gasteiger partial charge in [-0.25, -0.2) is 0 Å². The zero-order valence-corrected chi connectivity index (χ0v) is 15.8. The van der Waals surface area contributed by atoms with Gasteiger partial charge in [0.05, 0.1) is 22.9 Å². The summed E-state index contributed by atoms with van der Waals surface area (Å²) in [5.74, 6) is -0.0325. The molecule has 7 heteroatoms. The van der Waals surface area contributed by atoms with Crippen molar-refractivity contribution in [2.24, 2.45) is 0 Å². The second kappa shape index (κ2) is 7.65.